The lowest BCUT2D eigenvalue weighted by Gasteiger charge is -2.02. The van der Waals surface area contributed by atoms with Crippen LogP contribution in [-0.2, 0) is 0 Å². The van der Waals surface area contributed by atoms with Gasteiger partial charge in [0, 0.05) is 6.08 Å². The molecule has 0 radical (unpaired) electrons. The second-order valence-electron chi connectivity index (χ2n) is 2.69. The molecule has 0 aliphatic carbocycles. The lowest BCUT2D eigenvalue weighted by atomic mass is 10.1. The molecule has 0 saturated carbocycles. The highest BCUT2D eigenvalue weighted by molar-refractivity contribution is 5.66. The van der Waals surface area contributed by atoms with Crippen LogP contribution in [0, 0.1) is 11.3 Å². The quantitative estimate of drug-likeness (QED) is 0.644. The minimum absolute atomic E-state index is 0.809. The summed E-state index contributed by atoms with van der Waals surface area (Å²) in [5.74, 6) is 0.809. The maximum atomic E-state index is 8.47. The summed E-state index contributed by atoms with van der Waals surface area (Å²) in [5, 5.41) is 8.47. The fraction of sp³-hybridized carbons (Fsp3) is 0.182. The first-order chi connectivity index (χ1) is 6.27. The Bertz CT molecular complexity index is 361. The zero-order chi connectivity index (χ0) is 9.68. The summed E-state index contributed by atoms with van der Waals surface area (Å²) in [6.45, 7) is 1.90. The van der Waals surface area contributed by atoms with E-state index in [1.807, 2.05) is 37.3 Å². The molecule has 2 nitrogen and oxygen atoms in total. The van der Waals surface area contributed by atoms with Crippen LogP contribution in [0.15, 0.2) is 30.3 Å². The smallest absolute Gasteiger partial charge is 0.119 e. The van der Waals surface area contributed by atoms with Gasteiger partial charge < -0.3 is 4.74 Å². The molecule has 0 spiro atoms. The van der Waals surface area contributed by atoms with E-state index in [4.69, 9.17) is 10.00 Å². The number of ether oxygens (including phenoxy) is 1. The van der Waals surface area contributed by atoms with Gasteiger partial charge in [0.15, 0.2) is 0 Å². The Morgan fingerprint density at radius 2 is 2.31 bits per heavy atom. The number of benzene rings is 1. The Morgan fingerprint density at radius 1 is 1.54 bits per heavy atom. The molecule has 0 bridgehead atoms. The van der Waals surface area contributed by atoms with Crippen molar-refractivity contribution in [3.63, 3.8) is 0 Å². The molecule has 1 rings (SSSR count). The number of nitriles is 1. The van der Waals surface area contributed by atoms with Gasteiger partial charge >= 0.3 is 0 Å². The topological polar surface area (TPSA) is 33.0 Å². The van der Waals surface area contributed by atoms with Crippen LogP contribution < -0.4 is 4.74 Å². The standard InChI is InChI=1S/C11H11NO/c1-9(6-7-12)10-4-3-5-11(8-10)13-2/h3-6,8H,1-2H3/b9-6-. The van der Waals surface area contributed by atoms with Crippen LogP contribution in [0.2, 0.25) is 0 Å². The second-order valence-corrected chi connectivity index (χ2v) is 2.69. The van der Waals surface area contributed by atoms with Crippen molar-refractivity contribution >= 4 is 5.57 Å². The summed E-state index contributed by atoms with van der Waals surface area (Å²) >= 11 is 0. The van der Waals surface area contributed by atoms with Crippen LogP contribution in [0.4, 0.5) is 0 Å². The average Bonchev–Trinajstić information content (AvgIpc) is 2.18. The van der Waals surface area contributed by atoms with Gasteiger partial charge in [0.2, 0.25) is 0 Å². The van der Waals surface area contributed by atoms with Crippen molar-refractivity contribution in [3.8, 4) is 11.8 Å². The molecule has 1 aromatic carbocycles. The fourth-order valence-electron chi connectivity index (χ4n) is 1.05. The Balaban J connectivity index is 3.03. The Hall–Kier alpha value is -1.75. The molecule has 0 N–H and O–H groups in total. The Morgan fingerprint density at radius 3 is 2.92 bits per heavy atom. The third-order valence-electron chi connectivity index (χ3n) is 1.81. The fourth-order valence-corrected chi connectivity index (χ4v) is 1.05. The summed E-state index contributed by atoms with van der Waals surface area (Å²) < 4.78 is 5.07. The number of nitrogens with zero attached hydrogens (tertiary/aromatic N) is 1. The first kappa shape index (κ1) is 9.34. The highest BCUT2D eigenvalue weighted by Crippen LogP contribution is 2.18. The first-order valence-corrected chi connectivity index (χ1v) is 3.98. The lowest BCUT2D eigenvalue weighted by Crippen LogP contribution is -1.84. The van der Waals surface area contributed by atoms with Gasteiger partial charge in [0.1, 0.15) is 5.75 Å². The van der Waals surface area contributed by atoms with E-state index >= 15 is 0 Å². The molecule has 1 aromatic rings. The summed E-state index contributed by atoms with van der Waals surface area (Å²) in [6, 6.07) is 9.64. The molecule has 0 atom stereocenters. The molecule has 0 saturated heterocycles. The highest BCUT2D eigenvalue weighted by Gasteiger charge is 1.96. The molecule has 0 amide bonds. The predicted molar refractivity (Wildman–Crippen MR) is 52.3 cm³/mol. The summed E-state index contributed by atoms with van der Waals surface area (Å²) in [4.78, 5) is 0. The van der Waals surface area contributed by atoms with Crippen molar-refractivity contribution in [3.05, 3.63) is 35.9 Å². The van der Waals surface area contributed by atoms with Gasteiger partial charge in [-0.1, -0.05) is 12.1 Å². The third-order valence-corrected chi connectivity index (χ3v) is 1.81. The molecular formula is C11H11NO. The van der Waals surface area contributed by atoms with Crippen molar-refractivity contribution in [2.75, 3.05) is 7.11 Å². The van der Waals surface area contributed by atoms with Gasteiger partial charge in [-0.15, -0.1) is 0 Å². The van der Waals surface area contributed by atoms with E-state index in [0.717, 1.165) is 16.9 Å². The highest BCUT2D eigenvalue weighted by atomic mass is 16.5. The van der Waals surface area contributed by atoms with Gasteiger partial charge in [0.05, 0.1) is 13.2 Å². The predicted octanol–water partition coefficient (Wildman–Crippen LogP) is 2.62. The number of hydrogen-bond acceptors (Lipinski definition) is 2. The van der Waals surface area contributed by atoms with Gasteiger partial charge in [-0.25, -0.2) is 0 Å². The number of allylic oxidation sites excluding steroid dienone is 2. The molecule has 0 unspecified atom stereocenters. The van der Waals surface area contributed by atoms with E-state index in [0.29, 0.717) is 0 Å². The minimum Gasteiger partial charge on any atom is -0.497 e. The second kappa shape index (κ2) is 4.32. The molecule has 0 fully saturated rings. The summed E-state index contributed by atoms with van der Waals surface area (Å²) in [5.41, 5.74) is 1.96. The van der Waals surface area contributed by atoms with Crippen LogP contribution in [0.25, 0.3) is 5.57 Å². The van der Waals surface area contributed by atoms with Crippen molar-refractivity contribution in [1.29, 1.82) is 5.26 Å². The zero-order valence-electron chi connectivity index (χ0n) is 7.74. The third kappa shape index (κ3) is 2.34. The lowest BCUT2D eigenvalue weighted by molar-refractivity contribution is 0.414. The largest absolute Gasteiger partial charge is 0.497 e. The molecule has 0 aromatic heterocycles. The van der Waals surface area contributed by atoms with Gasteiger partial charge in [-0.2, -0.15) is 5.26 Å². The average molecular weight is 173 g/mol. The molecule has 66 valence electrons. The number of methoxy groups -OCH3 is 1. The monoisotopic (exact) mass is 173 g/mol. The SMILES string of the molecule is COc1cccc(/C(C)=C\C#N)c1. The van der Waals surface area contributed by atoms with Crippen LogP contribution >= 0.6 is 0 Å². The normalized spacial score (nSPS) is 10.7. The Kier molecular flexibility index (Phi) is 3.10. The maximum absolute atomic E-state index is 8.47. The van der Waals surface area contributed by atoms with Gasteiger partial charge in [-0.05, 0) is 30.2 Å². The summed E-state index contributed by atoms with van der Waals surface area (Å²) in [6.07, 6.45) is 1.52. The Labute approximate surface area is 78.1 Å². The van der Waals surface area contributed by atoms with E-state index in [1.54, 1.807) is 7.11 Å². The number of rotatable bonds is 2. The first-order valence-electron chi connectivity index (χ1n) is 3.98. The van der Waals surface area contributed by atoms with Crippen molar-refractivity contribution < 1.29 is 4.74 Å². The molecule has 0 aliphatic heterocycles. The molecule has 0 heterocycles. The van der Waals surface area contributed by atoms with Crippen LogP contribution in [0.3, 0.4) is 0 Å². The van der Waals surface area contributed by atoms with Crippen LogP contribution in [-0.4, -0.2) is 7.11 Å². The molecule has 2 heteroatoms. The maximum Gasteiger partial charge on any atom is 0.119 e. The minimum atomic E-state index is 0.809. The van der Waals surface area contributed by atoms with Gasteiger partial charge in [0.25, 0.3) is 0 Å². The molecule has 13 heavy (non-hydrogen) atoms. The van der Waals surface area contributed by atoms with Crippen LogP contribution in [0.5, 0.6) is 5.75 Å². The van der Waals surface area contributed by atoms with E-state index in [2.05, 4.69) is 0 Å². The zero-order valence-corrected chi connectivity index (χ0v) is 7.74. The van der Waals surface area contributed by atoms with E-state index < -0.39 is 0 Å². The van der Waals surface area contributed by atoms with Crippen molar-refractivity contribution in [2.45, 2.75) is 6.92 Å². The molecular weight excluding hydrogens is 162 g/mol. The van der Waals surface area contributed by atoms with Crippen molar-refractivity contribution in [2.24, 2.45) is 0 Å². The van der Waals surface area contributed by atoms with E-state index in [1.165, 1.54) is 6.08 Å². The van der Waals surface area contributed by atoms with Crippen molar-refractivity contribution in [1.82, 2.24) is 0 Å². The summed E-state index contributed by atoms with van der Waals surface area (Å²) in [7, 11) is 1.63. The van der Waals surface area contributed by atoms with Gasteiger partial charge in [-0.3, -0.25) is 0 Å². The van der Waals surface area contributed by atoms with Crippen LogP contribution in [0.1, 0.15) is 12.5 Å². The number of hydrogen-bond donors (Lipinski definition) is 0. The molecule has 0 aliphatic rings. The van der Waals surface area contributed by atoms with E-state index in [-0.39, 0.29) is 0 Å². The van der Waals surface area contributed by atoms with E-state index in [9.17, 15) is 0 Å².